The molecule has 0 aliphatic heterocycles. The van der Waals surface area contributed by atoms with Crippen LogP contribution in [0.25, 0.3) is 0 Å². The zero-order valence-corrected chi connectivity index (χ0v) is 11.4. The van der Waals surface area contributed by atoms with Crippen molar-refractivity contribution in [2.75, 3.05) is 0 Å². The highest BCUT2D eigenvalue weighted by Crippen LogP contribution is 2.31. The smallest absolute Gasteiger partial charge is 0.0637 e. The second-order valence-corrected chi connectivity index (χ2v) is 4.15. The van der Waals surface area contributed by atoms with Crippen LogP contribution in [-0.2, 0) is 5.54 Å². The zero-order valence-electron chi connectivity index (χ0n) is 9.72. The maximum Gasteiger partial charge on any atom is 0.0637 e. The molecule has 0 aromatic heterocycles. The first kappa shape index (κ1) is 16.0. The summed E-state index contributed by atoms with van der Waals surface area (Å²) in [4.78, 5) is 0. The Balaban J connectivity index is 0.00000128. The minimum Gasteiger partial charge on any atom is -0.399 e. The summed E-state index contributed by atoms with van der Waals surface area (Å²) in [6.07, 6.45) is 4.69. The van der Waals surface area contributed by atoms with E-state index in [-0.39, 0.29) is 24.8 Å². The summed E-state index contributed by atoms with van der Waals surface area (Å²) >= 11 is 0. The van der Waals surface area contributed by atoms with E-state index >= 15 is 0 Å². The van der Waals surface area contributed by atoms with E-state index in [2.05, 4.69) is 12.1 Å². The van der Waals surface area contributed by atoms with Gasteiger partial charge in [-0.05, 0) is 30.6 Å². The predicted molar refractivity (Wildman–Crippen MR) is 77.4 cm³/mol. The van der Waals surface area contributed by atoms with Gasteiger partial charge in [-0.3, -0.25) is 0 Å². The van der Waals surface area contributed by atoms with Crippen molar-refractivity contribution in [3.63, 3.8) is 0 Å². The lowest BCUT2D eigenvalue weighted by Gasteiger charge is -2.30. The van der Waals surface area contributed by atoms with Gasteiger partial charge in [-0.15, -0.1) is 24.8 Å². The first-order valence-electron chi connectivity index (χ1n) is 5.11. The van der Waals surface area contributed by atoms with Crippen molar-refractivity contribution in [2.24, 2.45) is 11.5 Å². The van der Waals surface area contributed by atoms with Gasteiger partial charge in [0.1, 0.15) is 0 Å². The Kier molecular flexibility index (Phi) is 5.76. The second kappa shape index (κ2) is 6.10. The van der Waals surface area contributed by atoms with Gasteiger partial charge in [0, 0.05) is 5.70 Å². The molecule has 0 amide bonds. The molecular weight excluding hydrogens is 255 g/mol. The average molecular weight is 273 g/mol. The maximum absolute atomic E-state index is 6.36. The molecule has 4 N–H and O–H groups in total. The van der Waals surface area contributed by atoms with Gasteiger partial charge in [0.05, 0.1) is 5.54 Å². The molecule has 1 aliphatic carbocycles. The van der Waals surface area contributed by atoms with Gasteiger partial charge < -0.3 is 11.5 Å². The number of benzene rings is 1. The van der Waals surface area contributed by atoms with Crippen LogP contribution in [0.3, 0.4) is 0 Å². The minimum atomic E-state index is -0.395. The fourth-order valence-corrected chi connectivity index (χ4v) is 1.93. The Morgan fingerprint density at radius 3 is 2.24 bits per heavy atom. The van der Waals surface area contributed by atoms with E-state index in [4.69, 9.17) is 11.5 Å². The molecule has 0 radical (unpaired) electrons. The van der Waals surface area contributed by atoms with E-state index in [1.807, 2.05) is 37.3 Å². The number of rotatable bonds is 1. The first-order chi connectivity index (χ1) is 7.12. The molecule has 0 heterocycles. The Morgan fingerprint density at radius 2 is 1.71 bits per heavy atom. The van der Waals surface area contributed by atoms with Crippen molar-refractivity contribution in [1.82, 2.24) is 0 Å². The minimum absolute atomic E-state index is 0. The van der Waals surface area contributed by atoms with Crippen molar-refractivity contribution >= 4 is 24.8 Å². The standard InChI is InChI=1S/C13H16N2.2ClH/c1-10-9-13(15,8-7-12(10)14)11-5-3-2-4-6-11;;/h2-8H,9,14-15H2,1H3;2*1H. The van der Waals surface area contributed by atoms with E-state index in [9.17, 15) is 0 Å². The molecule has 1 aromatic carbocycles. The van der Waals surface area contributed by atoms with Crippen LogP contribution in [0.2, 0.25) is 0 Å². The molecule has 0 saturated heterocycles. The van der Waals surface area contributed by atoms with Crippen LogP contribution >= 0.6 is 24.8 Å². The summed E-state index contributed by atoms with van der Waals surface area (Å²) in [5.74, 6) is 0. The van der Waals surface area contributed by atoms with Gasteiger partial charge in [0.25, 0.3) is 0 Å². The van der Waals surface area contributed by atoms with E-state index in [1.165, 1.54) is 0 Å². The molecule has 0 spiro atoms. The van der Waals surface area contributed by atoms with E-state index in [1.54, 1.807) is 0 Å². The van der Waals surface area contributed by atoms with Gasteiger partial charge in [0.15, 0.2) is 0 Å². The third kappa shape index (κ3) is 3.25. The molecule has 17 heavy (non-hydrogen) atoms. The lowest BCUT2D eigenvalue weighted by molar-refractivity contribution is 0.544. The molecular formula is C13H18Cl2N2. The van der Waals surface area contributed by atoms with E-state index in [0.29, 0.717) is 0 Å². The summed E-state index contributed by atoms with van der Waals surface area (Å²) in [6, 6.07) is 10.1. The molecule has 1 unspecified atom stereocenters. The van der Waals surface area contributed by atoms with Crippen molar-refractivity contribution in [3.05, 3.63) is 59.3 Å². The number of halogens is 2. The topological polar surface area (TPSA) is 52.0 Å². The number of hydrogen-bond acceptors (Lipinski definition) is 2. The predicted octanol–water partition coefficient (Wildman–Crippen LogP) is 2.88. The van der Waals surface area contributed by atoms with Gasteiger partial charge >= 0.3 is 0 Å². The summed E-state index contributed by atoms with van der Waals surface area (Å²) < 4.78 is 0. The fraction of sp³-hybridized carbons (Fsp3) is 0.231. The lowest BCUT2D eigenvalue weighted by atomic mass is 9.81. The van der Waals surface area contributed by atoms with Crippen LogP contribution < -0.4 is 11.5 Å². The summed E-state index contributed by atoms with van der Waals surface area (Å²) in [5, 5.41) is 0. The molecule has 4 heteroatoms. The molecule has 94 valence electrons. The van der Waals surface area contributed by atoms with Gasteiger partial charge in [-0.2, -0.15) is 0 Å². The van der Waals surface area contributed by atoms with E-state index < -0.39 is 5.54 Å². The number of allylic oxidation sites excluding steroid dienone is 1. The van der Waals surface area contributed by atoms with Crippen LogP contribution in [0, 0.1) is 0 Å². The van der Waals surface area contributed by atoms with Crippen LogP contribution in [0.1, 0.15) is 18.9 Å². The SMILES string of the molecule is CC1=C(N)C=CC(N)(c2ccccc2)C1.Cl.Cl. The Bertz CT molecular complexity index is 426. The van der Waals surface area contributed by atoms with Crippen LogP contribution in [0.15, 0.2) is 53.8 Å². The quantitative estimate of drug-likeness (QED) is 0.826. The maximum atomic E-state index is 6.36. The van der Waals surface area contributed by atoms with Crippen LogP contribution in [0.5, 0.6) is 0 Å². The highest BCUT2D eigenvalue weighted by Gasteiger charge is 2.27. The highest BCUT2D eigenvalue weighted by molar-refractivity contribution is 5.85. The Hall–Kier alpha value is -0.960. The Morgan fingerprint density at radius 1 is 1.12 bits per heavy atom. The fourth-order valence-electron chi connectivity index (χ4n) is 1.93. The third-order valence-electron chi connectivity index (χ3n) is 2.92. The number of nitrogens with two attached hydrogens (primary N) is 2. The van der Waals surface area contributed by atoms with Gasteiger partial charge in [-0.25, -0.2) is 0 Å². The molecule has 0 fully saturated rings. The second-order valence-electron chi connectivity index (χ2n) is 4.15. The van der Waals surface area contributed by atoms with Gasteiger partial charge in [-0.1, -0.05) is 36.4 Å². The molecule has 2 nitrogen and oxygen atoms in total. The zero-order chi connectivity index (χ0) is 10.9. The monoisotopic (exact) mass is 272 g/mol. The molecule has 1 aliphatic rings. The van der Waals surface area contributed by atoms with Crippen LogP contribution in [-0.4, -0.2) is 0 Å². The van der Waals surface area contributed by atoms with Crippen molar-refractivity contribution in [3.8, 4) is 0 Å². The third-order valence-corrected chi connectivity index (χ3v) is 2.92. The summed E-state index contributed by atoms with van der Waals surface area (Å²) in [7, 11) is 0. The van der Waals surface area contributed by atoms with Gasteiger partial charge in [0.2, 0.25) is 0 Å². The summed E-state index contributed by atoms with van der Waals surface area (Å²) in [5.41, 5.74) is 14.9. The average Bonchev–Trinajstić information content (AvgIpc) is 2.26. The molecule has 2 rings (SSSR count). The highest BCUT2D eigenvalue weighted by atomic mass is 35.5. The van der Waals surface area contributed by atoms with Crippen molar-refractivity contribution in [2.45, 2.75) is 18.9 Å². The molecule has 1 atom stereocenters. The lowest BCUT2D eigenvalue weighted by Crippen LogP contribution is -2.36. The normalized spacial score (nSPS) is 22.7. The number of hydrogen-bond donors (Lipinski definition) is 2. The molecule has 1 aromatic rings. The largest absolute Gasteiger partial charge is 0.399 e. The summed E-state index contributed by atoms with van der Waals surface area (Å²) in [6.45, 7) is 2.03. The van der Waals surface area contributed by atoms with Crippen LogP contribution in [0.4, 0.5) is 0 Å². The Labute approximate surface area is 115 Å². The van der Waals surface area contributed by atoms with E-state index in [0.717, 1.165) is 23.3 Å². The van der Waals surface area contributed by atoms with Crippen molar-refractivity contribution in [1.29, 1.82) is 0 Å². The molecule has 0 bridgehead atoms. The van der Waals surface area contributed by atoms with Crippen molar-refractivity contribution < 1.29 is 0 Å². The molecule has 0 saturated carbocycles. The first-order valence-corrected chi connectivity index (χ1v) is 5.11.